The van der Waals surface area contributed by atoms with Crippen molar-refractivity contribution in [2.24, 2.45) is 0 Å². The summed E-state index contributed by atoms with van der Waals surface area (Å²) in [5.41, 5.74) is 0.132. The average Bonchev–Trinajstić information content (AvgIpc) is 2.73. The first kappa shape index (κ1) is 14.7. The van der Waals surface area contributed by atoms with E-state index in [2.05, 4.69) is 25.7 Å². The maximum atomic E-state index is 11.8. The van der Waals surface area contributed by atoms with Crippen LogP contribution in [0.25, 0.3) is 0 Å². The van der Waals surface area contributed by atoms with E-state index in [1.54, 1.807) is 4.68 Å². The standard InChI is InChI=1S/C10H14F3N5O2/c11-10(12,13)6-20-2-1-15-9(19)8-5-18(17-16-8)7-3-14-4-7/h5,7,14H,1-4,6H2,(H,15,19). The highest BCUT2D eigenvalue weighted by atomic mass is 19.4. The Balaban J connectivity index is 1.68. The molecule has 1 fully saturated rings. The highest BCUT2D eigenvalue weighted by Crippen LogP contribution is 2.14. The van der Waals surface area contributed by atoms with Crippen LogP contribution in [-0.4, -0.2) is 59.9 Å². The lowest BCUT2D eigenvalue weighted by Crippen LogP contribution is -2.43. The van der Waals surface area contributed by atoms with Crippen molar-refractivity contribution in [2.45, 2.75) is 12.2 Å². The van der Waals surface area contributed by atoms with E-state index in [4.69, 9.17) is 0 Å². The zero-order valence-corrected chi connectivity index (χ0v) is 10.5. The second-order valence-corrected chi connectivity index (χ2v) is 4.32. The monoisotopic (exact) mass is 293 g/mol. The number of nitrogens with zero attached hydrogens (tertiary/aromatic N) is 3. The second-order valence-electron chi connectivity index (χ2n) is 4.32. The van der Waals surface area contributed by atoms with Crippen molar-refractivity contribution in [3.05, 3.63) is 11.9 Å². The minimum Gasteiger partial charge on any atom is -0.370 e. The maximum Gasteiger partial charge on any atom is 0.411 e. The van der Waals surface area contributed by atoms with Gasteiger partial charge in [-0.05, 0) is 0 Å². The van der Waals surface area contributed by atoms with Crippen LogP contribution in [0.5, 0.6) is 0 Å². The van der Waals surface area contributed by atoms with Gasteiger partial charge in [-0.3, -0.25) is 4.79 Å². The van der Waals surface area contributed by atoms with Crippen molar-refractivity contribution in [3.63, 3.8) is 0 Å². The molecule has 2 N–H and O–H groups in total. The van der Waals surface area contributed by atoms with E-state index in [9.17, 15) is 18.0 Å². The van der Waals surface area contributed by atoms with Crippen molar-refractivity contribution in [2.75, 3.05) is 32.8 Å². The van der Waals surface area contributed by atoms with Gasteiger partial charge in [0, 0.05) is 19.6 Å². The van der Waals surface area contributed by atoms with Crippen LogP contribution in [0.3, 0.4) is 0 Å². The number of aromatic nitrogens is 3. The summed E-state index contributed by atoms with van der Waals surface area (Å²) in [6.45, 7) is -0.0160. The Labute approximate surface area is 112 Å². The molecule has 0 spiro atoms. The molecule has 0 unspecified atom stereocenters. The molecule has 1 aliphatic rings. The molecule has 0 saturated carbocycles. The summed E-state index contributed by atoms with van der Waals surface area (Å²) in [5, 5.41) is 13.0. The van der Waals surface area contributed by atoms with Gasteiger partial charge in [-0.2, -0.15) is 13.2 Å². The molecule has 0 aliphatic carbocycles. The predicted octanol–water partition coefficient (Wildman–Crippen LogP) is -0.269. The van der Waals surface area contributed by atoms with E-state index in [1.165, 1.54) is 6.20 Å². The molecule has 1 saturated heterocycles. The van der Waals surface area contributed by atoms with Crippen LogP contribution >= 0.6 is 0 Å². The Morgan fingerprint density at radius 1 is 1.55 bits per heavy atom. The number of amides is 1. The Bertz CT molecular complexity index is 458. The first-order valence-corrected chi connectivity index (χ1v) is 6.01. The summed E-state index contributed by atoms with van der Waals surface area (Å²) in [6.07, 6.45) is -2.85. The van der Waals surface area contributed by atoms with Crippen molar-refractivity contribution < 1.29 is 22.7 Å². The van der Waals surface area contributed by atoms with E-state index < -0.39 is 18.7 Å². The van der Waals surface area contributed by atoms with Gasteiger partial charge >= 0.3 is 6.18 Å². The van der Waals surface area contributed by atoms with Crippen LogP contribution < -0.4 is 10.6 Å². The van der Waals surface area contributed by atoms with Crippen LogP contribution in [0.1, 0.15) is 16.5 Å². The van der Waals surface area contributed by atoms with Gasteiger partial charge in [0.15, 0.2) is 5.69 Å². The highest BCUT2D eigenvalue weighted by molar-refractivity contribution is 5.91. The molecule has 7 nitrogen and oxygen atoms in total. The zero-order chi connectivity index (χ0) is 14.6. The third-order valence-electron chi connectivity index (χ3n) is 2.67. The molecule has 1 aromatic heterocycles. The van der Waals surface area contributed by atoms with E-state index in [1.807, 2.05) is 0 Å². The second kappa shape index (κ2) is 6.18. The van der Waals surface area contributed by atoms with Crippen molar-refractivity contribution >= 4 is 5.91 Å². The lowest BCUT2D eigenvalue weighted by Gasteiger charge is -2.26. The lowest BCUT2D eigenvalue weighted by molar-refractivity contribution is -0.173. The number of hydrogen-bond acceptors (Lipinski definition) is 5. The van der Waals surface area contributed by atoms with Gasteiger partial charge in [-0.1, -0.05) is 5.21 Å². The average molecular weight is 293 g/mol. The number of nitrogens with one attached hydrogen (secondary N) is 2. The number of alkyl halides is 3. The molecular formula is C10H14F3N5O2. The van der Waals surface area contributed by atoms with E-state index >= 15 is 0 Å². The van der Waals surface area contributed by atoms with Crippen LogP contribution in [0.15, 0.2) is 6.20 Å². The third kappa shape index (κ3) is 4.17. The summed E-state index contributed by atoms with van der Waals surface area (Å²) in [6, 6.07) is 0.194. The smallest absolute Gasteiger partial charge is 0.370 e. The first-order valence-electron chi connectivity index (χ1n) is 6.01. The van der Waals surface area contributed by atoms with Gasteiger partial charge in [-0.15, -0.1) is 5.10 Å². The van der Waals surface area contributed by atoms with Gasteiger partial charge in [0.25, 0.3) is 5.91 Å². The first-order chi connectivity index (χ1) is 9.46. The molecule has 2 heterocycles. The largest absolute Gasteiger partial charge is 0.411 e. The summed E-state index contributed by atoms with van der Waals surface area (Å²) < 4.78 is 41.3. The number of carbonyl (C=O) groups is 1. The van der Waals surface area contributed by atoms with Crippen LogP contribution in [-0.2, 0) is 4.74 Å². The minimum atomic E-state index is -4.36. The summed E-state index contributed by atoms with van der Waals surface area (Å²) in [5.74, 6) is -0.487. The molecular weight excluding hydrogens is 279 g/mol. The topological polar surface area (TPSA) is 81.1 Å². The minimum absolute atomic E-state index is 0.0211. The highest BCUT2D eigenvalue weighted by Gasteiger charge is 2.27. The Morgan fingerprint density at radius 3 is 2.90 bits per heavy atom. The fourth-order valence-corrected chi connectivity index (χ4v) is 1.53. The van der Waals surface area contributed by atoms with E-state index in [0.29, 0.717) is 0 Å². The molecule has 1 aliphatic heterocycles. The molecule has 0 radical (unpaired) electrons. The lowest BCUT2D eigenvalue weighted by atomic mass is 10.2. The quantitative estimate of drug-likeness (QED) is 0.706. The Kier molecular flexibility index (Phi) is 4.55. The summed E-state index contributed by atoms with van der Waals surface area (Å²) in [4.78, 5) is 11.6. The summed E-state index contributed by atoms with van der Waals surface area (Å²) >= 11 is 0. The SMILES string of the molecule is O=C(NCCOCC(F)(F)F)c1cn(C2CNC2)nn1. The van der Waals surface area contributed by atoms with Gasteiger partial charge in [0.1, 0.15) is 6.61 Å². The molecule has 112 valence electrons. The fraction of sp³-hybridized carbons (Fsp3) is 0.700. The van der Waals surface area contributed by atoms with E-state index in [-0.39, 0.29) is 24.9 Å². The normalized spacial score (nSPS) is 15.9. The molecule has 1 aromatic rings. The Morgan fingerprint density at radius 2 is 2.30 bits per heavy atom. The van der Waals surface area contributed by atoms with Gasteiger partial charge in [0.05, 0.1) is 18.8 Å². The van der Waals surface area contributed by atoms with Gasteiger partial charge in [0.2, 0.25) is 0 Å². The molecule has 0 bridgehead atoms. The van der Waals surface area contributed by atoms with Crippen LogP contribution in [0.2, 0.25) is 0 Å². The molecule has 10 heteroatoms. The summed E-state index contributed by atoms with van der Waals surface area (Å²) in [7, 11) is 0. The zero-order valence-electron chi connectivity index (χ0n) is 10.5. The Hall–Kier alpha value is -1.68. The number of carbonyl (C=O) groups excluding carboxylic acids is 1. The maximum absolute atomic E-state index is 11.8. The molecule has 0 aromatic carbocycles. The van der Waals surface area contributed by atoms with Gasteiger partial charge < -0.3 is 15.4 Å². The fourth-order valence-electron chi connectivity index (χ4n) is 1.53. The molecule has 0 atom stereocenters. The van der Waals surface area contributed by atoms with Gasteiger partial charge in [-0.25, -0.2) is 4.68 Å². The van der Waals surface area contributed by atoms with Crippen molar-refractivity contribution in [1.29, 1.82) is 0 Å². The van der Waals surface area contributed by atoms with Crippen molar-refractivity contribution in [1.82, 2.24) is 25.6 Å². The molecule has 1 amide bonds. The number of hydrogen-bond donors (Lipinski definition) is 2. The number of ether oxygens (including phenoxy) is 1. The predicted molar refractivity (Wildman–Crippen MR) is 61.1 cm³/mol. The molecule has 20 heavy (non-hydrogen) atoms. The van der Waals surface area contributed by atoms with E-state index in [0.717, 1.165) is 13.1 Å². The van der Waals surface area contributed by atoms with Crippen LogP contribution in [0, 0.1) is 0 Å². The van der Waals surface area contributed by atoms with Crippen molar-refractivity contribution in [3.8, 4) is 0 Å². The number of halogens is 3. The molecule has 2 rings (SSSR count). The number of rotatable bonds is 6. The third-order valence-corrected chi connectivity index (χ3v) is 2.67. The van der Waals surface area contributed by atoms with Crippen LogP contribution in [0.4, 0.5) is 13.2 Å².